The van der Waals surface area contributed by atoms with Crippen molar-refractivity contribution in [2.75, 3.05) is 35.4 Å². The van der Waals surface area contributed by atoms with E-state index in [1.165, 1.54) is 11.1 Å². The van der Waals surface area contributed by atoms with Crippen molar-refractivity contribution < 1.29 is 14.2 Å². The monoisotopic (exact) mass is 306 g/mol. The Morgan fingerprint density at radius 1 is 1.23 bits per heavy atom. The van der Waals surface area contributed by atoms with Gasteiger partial charge < -0.3 is 19.2 Å². The van der Waals surface area contributed by atoms with Crippen molar-refractivity contribution in [2.45, 2.75) is 25.6 Å². The molecule has 0 aliphatic heterocycles. The number of methoxy groups -OCH3 is 3. The molecule has 1 aromatic carbocycles. The van der Waals surface area contributed by atoms with Crippen molar-refractivity contribution in [1.29, 1.82) is 0 Å². The predicted octanol–water partition coefficient (Wildman–Crippen LogP) is 2.53. The van der Waals surface area contributed by atoms with Gasteiger partial charge in [0, 0.05) is 51.8 Å². The largest absolute Gasteiger partial charge is 0.496 e. The lowest BCUT2D eigenvalue weighted by Crippen LogP contribution is -2.30. The Balaban J connectivity index is 2.38. The predicted molar refractivity (Wildman–Crippen MR) is 87.5 cm³/mol. The Labute approximate surface area is 132 Å². The van der Waals surface area contributed by atoms with Gasteiger partial charge in [-0.1, -0.05) is 12.1 Å². The lowest BCUT2D eigenvalue weighted by Gasteiger charge is -2.30. The molecule has 1 aliphatic carbocycles. The highest BCUT2D eigenvalue weighted by Crippen LogP contribution is 2.34. The number of rotatable bonds is 6. The van der Waals surface area contributed by atoms with Crippen LogP contribution >= 0.6 is 0 Å². The van der Waals surface area contributed by atoms with Crippen LogP contribution in [0.15, 0.2) is 23.3 Å². The summed E-state index contributed by atoms with van der Waals surface area (Å²) in [7, 11) is 8.97. The zero-order valence-corrected chi connectivity index (χ0v) is 14.1. The first-order chi connectivity index (χ1) is 10.6. The van der Waals surface area contributed by atoms with Crippen LogP contribution in [0, 0.1) is 5.92 Å². The molecule has 0 amide bonds. The Kier molecular flexibility index (Phi) is 5.80. The minimum Gasteiger partial charge on any atom is -0.496 e. The molecular weight excluding hydrogens is 280 g/mol. The molecule has 0 spiro atoms. The first-order valence-electron chi connectivity index (χ1n) is 7.58. The molecule has 1 atom stereocenters. The van der Waals surface area contributed by atoms with Crippen LogP contribution in [0.2, 0.25) is 0 Å². The van der Waals surface area contributed by atoms with Crippen molar-refractivity contribution in [3.63, 3.8) is 0 Å². The molecule has 1 unspecified atom stereocenters. The highest BCUT2D eigenvalue weighted by molar-refractivity contribution is 6.04. The van der Waals surface area contributed by atoms with Crippen LogP contribution in [0.25, 0.3) is 0 Å². The third-order valence-corrected chi connectivity index (χ3v) is 4.07. The lowest BCUT2D eigenvalue weighted by atomic mass is 9.80. The maximum absolute atomic E-state index is 5.51. The summed E-state index contributed by atoms with van der Waals surface area (Å²) in [5.41, 5.74) is 3.51. The van der Waals surface area contributed by atoms with Gasteiger partial charge in [-0.05, 0) is 18.9 Å². The van der Waals surface area contributed by atoms with Crippen LogP contribution in [0.4, 0.5) is 0 Å². The van der Waals surface area contributed by atoms with Crippen molar-refractivity contribution in [3.05, 3.63) is 29.3 Å². The summed E-state index contributed by atoms with van der Waals surface area (Å²) in [6.07, 6.45) is 2.60. The molecule has 0 saturated heterocycles. The highest BCUT2D eigenvalue weighted by Gasteiger charge is 2.30. The third-order valence-electron chi connectivity index (χ3n) is 4.07. The van der Waals surface area contributed by atoms with Crippen LogP contribution in [0.3, 0.4) is 0 Å². The lowest BCUT2D eigenvalue weighted by molar-refractivity contribution is -0.110. The summed E-state index contributed by atoms with van der Waals surface area (Å²) in [6, 6.07) is 6.16. The second-order valence-corrected chi connectivity index (χ2v) is 5.69. The standard InChI is InChI=1S/C17H26N2O3/c1-19(2)18-17-12(11-16(21-4)22-5)9-10-13-14(17)7-6-8-15(13)20-3/h6-8,12,16H,9-11H2,1-5H3. The van der Waals surface area contributed by atoms with Gasteiger partial charge in [-0.15, -0.1) is 0 Å². The Morgan fingerprint density at radius 2 is 1.95 bits per heavy atom. The van der Waals surface area contributed by atoms with Gasteiger partial charge >= 0.3 is 0 Å². The number of benzene rings is 1. The van der Waals surface area contributed by atoms with E-state index in [1.54, 1.807) is 21.3 Å². The molecule has 0 saturated carbocycles. The summed E-state index contributed by atoms with van der Waals surface area (Å²) >= 11 is 0. The quantitative estimate of drug-likeness (QED) is 0.598. The van der Waals surface area contributed by atoms with E-state index < -0.39 is 0 Å². The van der Waals surface area contributed by atoms with Gasteiger partial charge in [0.2, 0.25) is 0 Å². The van der Waals surface area contributed by atoms with E-state index in [4.69, 9.17) is 19.3 Å². The van der Waals surface area contributed by atoms with Crippen molar-refractivity contribution >= 4 is 5.71 Å². The van der Waals surface area contributed by atoms with E-state index in [0.717, 1.165) is 30.7 Å². The molecule has 22 heavy (non-hydrogen) atoms. The average molecular weight is 306 g/mol. The van der Waals surface area contributed by atoms with E-state index in [1.807, 2.05) is 31.2 Å². The average Bonchev–Trinajstić information content (AvgIpc) is 2.53. The number of ether oxygens (including phenoxy) is 3. The minimum atomic E-state index is -0.204. The second kappa shape index (κ2) is 7.61. The van der Waals surface area contributed by atoms with Crippen LogP contribution in [-0.4, -0.2) is 52.4 Å². The van der Waals surface area contributed by atoms with Gasteiger partial charge in [0.05, 0.1) is 12.8 Å². The van der Waals surface area contributed by atoms with Crippen LogP contribution in [-0.2, 0) is 15.9 Å². The Hall–Kier alpha value is -1.59. The first-order valence-corrected chi connectivity index (χ1v) is 7.58. The molecule has 2 rings (SSSR count). The normalized spacial score (nSPS) is 19.4. The van der Waals surface area contributed by atoms with Gasteiger partial charge in [-0.2, -0.15) is 5.10 Å². The van der Waals surface area contributed by atoms with E-state index in [0.29, 0.717) is 5.92 Å². The first kappa shape index (κ1) is 16.8. The molecule has 0 aromatic heterocycles. The molecule has 0 radical (unpaired) electrons. The third kappa shape index (κ3) is 3.59. The Bertz CT molecular complexity index is 525. The second-order valence-electron chi connectivity index (χ2n) is 5.69. The number of nitrogens with zero attached hydrogens (tertiary/aromatic N) is 2. The van der Waals surface area contributed by atoms with E-state index in [2.05, 4.69) is 6.07 Å². The van der Waals surface area contributed by atoms with Crippen LogP contribution in [0.5, 0.6) is 5.75 Å². The summed E-state index contributed by atoms with van der Waals surface area (Å²) in [6.45, 7) is 0. The number of hydrazone groups is 1. The number of hydrogen-bond donors (Lipinski definition) is 0. The number of hydrogen-bond acceptors (Lipinski definition) is 5. The van der Waals surface area contributed by atoms with E-state index >= 15 is 0 Å². The Morgan fingerprint density at radius 3 is 2.55 bits per heavy atom. The summed E-state index contributed by atoms with van der Waals surface area (Å²) in [5, 5.41) is 6.59. The van der Waals surface area contributed by atoms with Crippen LogP contribution < -0.4 is 4.74 Å². The molecule has 1 aromatic rings. The highest BCUT2D eigenvalue weighted by atomic mass is 16.7. The fourth-order valence-electron chi connectivity index (χ4n) is 3.03. The molecule has 0 fully saturated rings. The fraction of sp³-hybridized carbons (Fsp3) is 0.588. The zero-order chi connectivity index (χ0) is 16.1. The van der Waals surface area contributed by atoms with Gasteiger partial charge in [0.25, 0.3) is 0 Å². The summed E-state index contributed by atoms with van der Waals surface area (Å²) in [5.74, 6) is 1.25. The molecule has 122 valence electrons. The van der Waals surface area contributed by atoms with Gasteiger partial charge in [-0.25, -0.2) is 0 Å². The van der Waals surface area contributed by atoms with Crippen LogP contribution in [0.1, 0.15) is 24.0 Å². The van der Waals surface area contributed by atoms with Crippen molar-refractivity contribution in [1.82, 2.24) is 5.01 Å². The van der Waals surface area contributed by atoms with Gasteiger partial charge in [0.1, 0.15) is 5.75 Å². The maximum atomic E-state index is 5.51. The zero-order valence-electron chi connectivity index (χ0n) is 14.1. The van der Waals surface area contributed by atoms with Crippen molar-refractivity contribution in [3.8, 4) is 5.75 Å². The smallest absolute Gasteiger partial charge is 0.157 e. The molecule has 0 bridgehead atoms. The summed E-state index contributed by atoms with van der Waals surface area (Å²) < 4.78 is 16.3. The molecular formula is C17H26N2O3. The molecule has 5 nitrogen and oxygen atoms in total. The SMILES string of the molecule is COc1cccc2c1CCC(CC(OC)OC)C2=NN(C)C. The fourth-order valence-corrected chi connectivity index (χ4v) is 3.03. The van der Waals surface area contributed by atoms with Gasteiger partial charge in [0.15, 0.2) is 6.29 Å². The van der Waals surface area contributed by atoms with Gasteiger partial charge in [-0.3, -0.25) is 0 Å². The summed E-state index contributed by atoms with van der Waals surface area (Å²) in [4.78, 5) is 0. The van der Waals surface area contributed by atoms with E-state index in [-0.39, 0.29) is 6.29 Å². The van der Waals surface area contributed by atoms with Crippen molar-refractivity contribution in [2.24, 2.45) is 11.0 Å². The molecule has 0 heterocycles. The molecule has 5 heteroatoms. The number of fused-ring (bicyclic) bond motifs is 1. The van der Waals surface area contributed by atoms with E-state index in [9.17, 15) is 0 Å². The molecule has 1 aliphatic rings. The minimum absolute atomic E-state index is 0.204. The molecule has 0 N–H and O–H groups in total. The maximum Gasteiger partial charge on any atom is 0.157 e. The topological polar surface area (TPSA) is 43.3 Å².